The third-order valence-corrected chi connectivity index (χ3v) is 6.28. The van der Waals surface area contributed by atoms with Gasteiger partial charge in [0.2, 0.25) is 0 Å². The van der Waals surface area contributed by atoms with Crippen LogP contribution in [0.15, 0.2) is 0 Å². The van der Waals surface area contributed by atoms with Gasteiger partial charge in [0.05, 0.1) is 12.7 Å². The van der Waals surface area contributed by atoms with Gasteiger partial charge < -0.3 is 9.47 Å². The van der Waals surface area contributed by atoms with Crippen LogP contribution in [0.4, 0.5) is 0 Å². The Morgan fingerprint density at radius 2 is 1.18 bits per heavy atom. The predicted octanol–water partition coefficient (Wildman–Crippen LogP) is 8.42. The number of ether oxygens (including phenoxy) is 2. The van der Waals surface area contributed by atoms with Crippen molar-refractivity contribution in [1.29, 1.82) is 0 Å². The average molecular weight is 417 g/mol. The summed E-state index contributed by atoms with van der Waals surface area (Å²) in [5.41, 5.74) is 0. The Hall–Kier alpha value is 0.270. The zero-order valence-corrected chi connectivity index (χ0v) is 20.5. The Labute approximate surface area is 182 Å². The fraction of sp³-hybridized carbons (Fsp3) is 1.00. The lowest BCUT2D eigenvalue weighted by Crippen LogP contribution is -2.20. The van der Waals surface area contributed by atoms with Gasteiger partial charge in [0.25, 0.3) is 0 Å². The third kappa shape index (κ3) is 22.6. The van der Waals surface area contributed by atoms with Gasteiger partial charge in [-0.2, -0.15) is 11.8 Å². The molecule has 0 rings (SSSR count). The van der Waals surface area contributed by atoms with Gasteiger partial charge in [-0.3, -0.25) is 0 Å². The van der Waals surface area contributed by atoms with Gasteiger partial charge in [-0.1, -0.05) is 97.8 Å². The van der Waals surface area contributed by atoms with Gasteiger partial charge in [0.1, 0.15) is 0 Å². The molecule has 0 spiro atoms. The molecule has 0 saturated heterocycles. The first-order valence-electron chi connectivity index (χ1n) is 12.6. The normalized spacial score (nSPS) is 12.5. The second-order valence-corrected chi connectivity index (χ2v) is 9.54. The van der Waals surface area contributed by atoms with Crippen LogP contribution in [0.1, 0.15) is 124 Å². The summed E-state index contributed by atoms with van der Waals surface area (Å²) >= 11 is 2.09. The summed E-state index contributed by atoms with van der Waals surface area (Å²) < 4.78 is 11.8. The largest absolute Gasteiger partial charge is 0.379 e. The van der Waals surface area contributed by atoms with Crippen molar-refractivity contribution in [3.8, 4) is 0 Å². The van der Waals surface area contributed by atoms with Gasteiger partial charge in [0, 0.05) is 13.2 Å². The minimum absolute atomic E-state index is 0.312. The van der Waals surface area contributed by atoms with Crippen LogP contribution in [0, 0.1) is 0 Å². The van der Waals surface area contributed by atoms with Gasteiger partial charge in [-0.15, -0.1) is 0 Å². The molecular weight excluding hydrogens is 364 g/mol. The minimum Gasteiger partial charge on any atom is -0.379 e. The lowest BCUT2D eigenvalue weighted by atomic mass is 10.1. The van der Waals surface area contributed by atoms with Crippen LogP contribution in [-0.2, 0) is 9.47 Å². The zero-order chi connectivity index (χ0) is 20.5. The van der Waals surface area contributed by atoms with Crippen LogP contribution in [0.3, 0.4) is 0 Å². The Balaban J connectivity index is 3.21. The summed E-state index contributed by atoms with van der Waals surface area (Å²) in [6.07, 6.45) is 21.9. The molecule has 0 aliphatic heterocycles. The molecular formula is C25H52O2S. The van der Waals surface area contributed by atoms with Crippen molar-refractivity contribution in [2.24, 2.45) is 0 Å². The first-order chi connectivity index (χ1) is 13.8. The number of thioether (sulfide) groups is 1. The van der Waals surface area contributed by atoms with E-state index in [1.165, 1.54) is 108 Å². The molecule has 1 atom stereocenters. The molecule has 0 radical (unpaired) electrons. The summed E-state index contributed by atoms with van der Waals surface area (Å²) in [7, 11) is 0. The number of hydrogen-bond donors (Lipinski definition) is 0. The van der Waals surface area contributed by atoms with Crippen molar-refractivity contribution in [2.45, 2.75) is 130 Å². The molecule has 2 nitrogen and oxygen atoms in total. The van der Waals surface area contributed by atoms with Crippen LogP contribution in [0.2, 0.25) is 0 Å². The van der Waals surface area contributed by atoms with E-state index in [1.807, 2.05) is 0 Å². The molecule has 0 aliphatic carbocycles. The highest BCUT2D eigenvalue weighted by Crippen LogP contribution is 2.13. The molecule has 0 saturated carbocycles. The molecule has 0 aromatic heterocycles. The highest BCUT2D eigenvalue weighted by molar-refractivity contribution is 7.99. The first kappa shape index (κ1) is 28.3. The Morgan fingerprint density at radius 1 is 0.607 bits per heavy atom. The zero-order valence-electron chi connectivity index (χ0n) is 19.7. The van der Waals surface area contributed by atoms with E-state index in [0.717, 1.165) is 26.2 Å². The molecule has 1 unspecified atom stereocenters. The Morgan fingerprint density at radius 3 is 1.71 bits per heavy atom. The topological polar surface area (TPSA) is 18.5 Å². The van der Waals surface area contributed by atoms with Crippen LogP contribution >= 0.6 is 11.8 Å². The number of rotatable bonds is 24. The first-order valence-corrected chi connectivity index (χ1v) is 13.8. The second kappa shape index (κ2) is 25.3. The smallest absolute Gasteiger partial charge is 0.0808 e. The number of unbranched alkanes of at least 4 members (excludes halogenated alkanes) is 12. The maximum Gasteiger partial charge on any atom is 0.0808 e. The molecule has 0 bridgehead atoms. The fourth-order valence-corrected chi connectivity index (χ4v) is 4.16. The standard InChI is InChI=1S/C25H52O2S/c1-4-7-22-27-25(20-5-2)24-26-21-18-16-14-12-10-8-9-11-13-15-17-19-23-28-6-3/h25H,4-24H2,1-3H3. The van der Waals surface area contributed by atoms with Gasteiger partial charge in [0.15, 0.2) is 0 Å². The summed E-state index contributed by atoms with van der Waals surface area (Å²) in [5.74, 6) is 2.65. The van der Waals surface area contributed by atoms with Crippen LogP contribution in [0.5, 0.6) is 0 Å². The highest BCUT2D eigenvalue weighted by Gasteiger charge is 2.07. The van der Waals surface area contributed by atoms with E-state index in [1.54, 1.807) is 0 Å². The lowest BCUT2D eigenvalue weighted by molar-refractivity contribution is -0.0223. The molecule has 0 aromatic carbocycles. The average Bonchev–Trinajstić information content (AvgIpc) is 2.70. The molecule has 0 aromatic rings. The van der Waals surface area contributed by atoms with Gasteiger partial charge in [-0.25, -0.2) is 0 Å². The Kier molecular flexibility index (Phi) is 25.6. The third-order valence-electron chi connectivity index (χ3n) is 5.30. The van der Waals surface area contributed by atoms with Crippen LogP contribution < -0.4 is 0 Å². The van der Waals surface area contributed by atoms with Crippen molar-refractivity contribution in [2.75, 3.05) is 31.3 Å². The summed E-state index contributed by atoms with van der Waals surface area (Å²) in [6.45, 7) is 9.29. The van der Waals surface area contributed by atoms with E-state index in [9.17, 15) is 0 Å². The summed E-state index contributed by atoms with van der Waals surface area (Å²) in [6, 6.07) is 0. The maximum atomic E-state index is 5.93. The van der Waals surface area contributed by atoms with Crippen molar-refractivity contribution >= 4 is 11.8 Å². The quantitative estimate of drug-likeness (QED) is 0.147. The van der Waals surface area contributed by atoms with E-state index >= 15 is 0 Å². The molecule has 0 aliphatic rings. The van der Waals surface area contributed by atoms with Gasteiger partial charge in [-0.05, 0) is 37.2 Å². The Bertz CT molecular complexity index is 273. The SMILES string of the molecule is CCCCOC(CCC)COCCCCCCCCCCCCCCSCC. The van der Waals surface area contributed by atoms with E-state index < -0.39 is 0 Å². The summed E-state index contributed by atoms with van der Waals surface area (Å²) in [5, 5.41) is 0. The molecule has 0 amide bonds. The summed E-state index contributed by atoms with van der Waals surface area (Å²) in [4.78, 5) is 0. The van der Waals surface area contributed by atoms with Crippen molar-refractivity contribution in [1.82, 2.24) is 0 Å². The van der Waals surface area contributed by atoms with Crippen LogP contribution in [-0.4, -0.2) is 37.4 Å². The molecule has 3 heteroatoms. The fourth-order valence-electron chi connectivity index (χ4n) is 3.47. The van der Waals surface area contributed by atoms with E-state index in [2.05, 4.69) is 32.5 Å². The lowest BCUT2D eigenvalue weighted by Gasteiger charge is -2.17. The van der Waals surface area contributed by atoms with E-state index in [0.29, 0.717) is 6.10 Å². The van der Waals surface area contributed by atoms with Crippen molar-refractivity contribution in [3.05, 3.63) is 0 Å². The highest BCUT2D eigenvalue weighted by atomic mass is 32.2. The molecule has 170 valence electrons. The second-order valence-electron chi connectivity index (χ2n) is 8.15. The van der Waals surface area contributed by atoms with E-state index in [4.69, 9.17) is 9.47 Å². The monoisotopic (exact) mass is 416 g/mol. The van der Waals surface area contributed by atoms with Crippen molar-refractivity contribution < 1.29 is 9.47 Å². The molecule has 0 heterocycles. The molecule has 0 fully saturated rings. The molecule has 28 heavy (non-hydrogen) atoms. The van der Waals surface area contributed by atoms with Crippen molar-refractivity contribution in [3.63, 3.8) is 0 Å². The van der Waals surface area contributed by atoms with Gasteiger partial charge >= 0.3 is 0 Å². The van der Waals surface area contributed by atoms with Crippen LogP contribution in [0.25, 0.3) is 0 Å². The minimum atomic E-state index is 0.312. The maximum absolute atomic E-state index is 5.93. The molecule has 0 N–H and O–H groups in total. The van der Waals surface area contributed by atoms with E-state index in [-0.39, 0.29) is 0 Å². The predicted molar refractivity (Wildman–Crippen MR) is 129 cm³/mol. The number of hydrogen-bond acceptors (Lipinski definition) is 3.